The number of aromatic nitrogens is 3. The first-order valence-electron chi connectivity index (χ1n) is 23.6. The molecule has 0 N–H and O–H groups in total. The molecule has 12 aromatic rings. The van der Waals surface area contributed by atoms with Crippen molar-refractivity contribution < 1.29 is 0 Å². The van der Waals surface area contributed by atoms with Gasteiger partial charge in [0.05, 0.1) is 5.41 Å². The van der Waals surface area contributed by atoms with Gasteiger partial charge in [-0.3, -0.25) is 0 Å². The summed E-state index contributed by atoms with van der Waals surface area (Å²) in [5.74, 6) is 1.87. The monoisotopic (exact) mass is 877 g/mol. The van der Waals surface area contributed by atoms with Crippen LogP contribution in [-0.4, -0.2) is 15.0 Å². The van der Waals surface area contributed by atoms with Crippen molar-refractivity contribution in [3.8, 4) is 78.7 Å². The Morgan fingerprint density at radius 2 is 0.594 bits per heavy atom. The number of benzene rings is 11. The van der Waals surface area contributed by atoms with E-state index in [-0.39, 0.29) is 0 Å². The van der Waals surface area contributed by atoms with Gasteiger partial charge in [-0.15, -0.1) is 0 Å². The highest BCUT2D eigenvalue weighted by atomic mass is 15.0. The van der Waals surface area contributed by atoms with Crippen LogP contribution in [0.4, 0.5) is 0 Å². The van der Waals surface area contributed by atoms with Crippen LogP contribution in [0.2, 0.25) is 0 Å². The van der Waals surface area contributed by atoms with Crippen LogP contribution in [0, 0.1) is 0 Å². The first-order chi connectivity index (χ1) is 34.2. The fourth-order valence-electron chi connectivity index (χ4n) is 10.8. The Kier molecular flexibility index (Phi) is 9.73. The largest absolute Gasteiger partial charge is 0.208 e. The van der Waals surface area contributed by atoms with E-state index < -0.39 is 5.41 Å². The zero-order chi connectivity index (χ0) is 45.7. The number of rotatable bonds is 8. The van der Waals surface area contributed by atoms with E-state index in [0.29, 0.717) is 17.5 Å². The molecular formula is C66H43N3. The van der Waals surface area contributed by atoms with Gasteiger partial charge in [0.15, 0.2) is 17.5 Å². The highest BCUT2D eigenvalue weighted by molar-refractivity contribution is 5.98. The molecule has 0 radical (unpaired) electrons. The molecule has 1 aromatic heterocycles. The lowest BCUT2D eigenvalue weighted by atomic mass is 9.67. The van der Waals surface area contributed by atoms with Crippen molar-refractivity contribution in [3.05, 3.63) is 283 Å². The molecule has 1 heterocycles. The maximum Gasteiger partial charge on any atom is 0.164 e. The third kappa shape index (κ3) is 6.86. The first kappa shape index (κ1) is 40.2. The molecule has 0 fully saturated rings. The fourth-order valence-corrected chi connectivity index (χ4v) is 10.8. The first-order valence-corrected chi connectivity index (χ1v) is 23.6. The summed E-state index contributed by atoms with van der Waals surface area (Å²) in [6.07, 6.45) is 0. The summed E-state index contributed by atoms with van der Waals surface area (Å²) >= 11 is 0. The zero-order valence-corrected chi connectivity index (χ0v) is 37.7. The molecule has 0 saturated heterocycles. The van der Waals surface area contributed by atoms with Crippen LogP contribution in [-0.2, 0) is 5.41 Å². The number of nitrogens with zero attached hydrogens (tertiary/aromatic N) is 3. The molecule has 0 aliphatic heterocycles. The minimum atomic E-state index is -0.470. The van der Waals surface area contributed by atoms with Crippen LogP contribution in [0.15, 0.2) is 261 Å². The van der Waals surface area contributed by atoms with Crippen LogP contribution in [0.1, 0.15) is 22.3 Å². The second-order valence-corrected chi connectivity index (χ2v) is 17.9. The molecule has 0 bridgehead atoms. The SMILES string of the molecule is c1ccc(C2(c3ccccc3)c3ccccc3-c3ccc(-c4ccc(-c5nc(-c6ccc(-c7cccc8ccccc78)cc6)nc(-c6ccc(-c7cccc8ccccc78)cc6)n5)cc4)cc32)cc1. The van der Waals surface area contributed by atoms with Crippen molar-refractivity contribution in [1.82, 2.24) is 15.0 Å². The smallest absolute Gasteiger partial charge is 0.164 e. The molecule has 3 nitrogen and oxygen atoms in total. The van der Waals surface area contributed by atoms with Crippen LogP contribution < -0.4 is 0 Å². The van der Waals surface area contributed by atoms with Gasteiger partial charge in [-0.1, -0.05) is 255 Å². The minimum Gasteiger partial charge on any atom is -0.208 e. The molecular weight excluding hydrogens is 835 g/mol. The van der Waals surface area contributed by atoms with Gasteiger partial charge < -0.3 is 0 Å². The van der Waals surface area contributed by atoms with Crippen molar-refractivity contribution in [3.63, 3.8) is 0 Å². The lowest BCUT2D eigenvalue weighted by Gasteiger charge is -2.34. The van der Waals surface area contributed by atoms with Gasteiger partial charge in [-0.05, 0) is 94.4 Å². The summed E-state index contributed by atoms with van der Waals surface area (Å²) in [5, 5.41) is 4.89. The van der Waals surface area contributed by atoms with E-state index in [4.69, 9.17) is 15.0 Å². The topological polar surface area (TPSA) is 38.7 Å². The summed E-state index contributed by atoms with van der Waals surface area (Å²) in [5.41, 5.74) is 16.9. The van der Waals surface area contributed by atoms with E-state index in [0.717, 1.165) is 38.9 Å². The van der Waals surface area contributed by atoms with Gasteiger partial charge in [-0.2, -0.15) is 0 Å². The molecule has 0 spiro atoms. The van der Waals surface area contributed by atoms with Gasteiger partial charge in [0.25, 0.3) is 0 Å². The molecule has 0 atom stereocenters. The standard InChI is InChI=1S/C66H43N3/c1-3-19-53(20-4-1)66(54-21-5-2-6-22-54)61-28-12-11-25-59(61)60-42-41-52(43-62(60)66)44-29-35-49(36-30-44)63-67-64(50-37-31-47(32-38-50)57-26-13-17-45-15-7-9-23-55(45)57)69-65(68-63)51-39-33-48(34-40-51)58-27-14-18-46-16-8-10-24-56(46)58/h1-43H. The van der Waals surface area contributed by atoms with Gasteiger partial charge in [0, 0.05) is 16.7 Å². The lowest BCUT2D eigenvalue weighted by Crippen LogP contribution is -2.28. The van der Waals surface area contributed by atoms with E-state index in [1.807, 2.05) is 0 Å². The minimum absolute atomic E-state index is 0.470. The molecule has 69 heavy (non-hydrogen) atoms. The fraction of sp³-hybridized carbons (Fsp3) is 0.0152. The van der Waals surface area contributed by atoms with Crippen LogP contribution in [0.5, 0.6) is 0 Å². The quantitative estimate of drug-likeness (QED) is 0.153. The Labute approximate surface area is 401 Å². The predicted octanol–water partition coefficient (Wildman–Crippen LogP) is 16.5. The van der Waals surface area contributed by atoms with Crippen molar-refractivity contribution in [2.45, 2.75) is 5.41 Å². The summed E-state index contributed by atoms with van der Waals surface area (Å²) < 4.78 is 0. The van der Waals surface area contributed by atoms with Crippen LogP contribution >= 0.6 is 0 Å². The molecule has 1 aliphatic carbocycles. The van der Waals surface area contributed by atoms with Crippen LogP contribution in [0.3, 0.4) is 0 Å². The molecule has 13 rings (SSSR count). The Balaban J connectivity index is 0.901. The predicted molar refractivity (Wildman–Crippen MR) is 285 cm³/mol. The molecule has 322 valence electrons. The molecule has 1 aliphatic rings. The summed E-state index contributed by atoms with van der Waals surface area (Å²) in [6.45, 7) is 0. The summed E-state index contributed by atoms with van der Waals surface area (Å²) in [4.78, 5) is 15.5. The summed E-state index contributed by atoms with van der Waals surface area (Å²) in [7, 11) is 0. The molecule has 0 amide bonds. The van der Waals surface area contributed by atoms with E-state index in [9.17, 15) is 0 Å². The normalized spacial score (nSPS) is 12.5. The van der Waals surface area contributed by atoms with Crippen molar-refractivity contribution in [2.75, 3.05) is 0 Å². The maximum absolute atomic E-state index is 5.19. The van der Waals surface area contributed by atoms with Crippen molar-refractivity contribution in [2.24, 2.45) is 0 Å². The number of hydrogen-bond acceptors (Lipinski definition) is 3. The van der Waals surface area contributed by atoms with Crippen molar-refractivity contribution in [1.29, 1.82) is 0 Å². The molecule has 0 unspecified atom stereocenters. The van der Waals surface area contributed by atoms with Gasteiger partial charge in [-0.25, -0.2) is 15.0 Å². The third-order valence-electron chi connectivity index (χ3n) is 14.1. The Morgan fingerprint density at radius 3 is 1.10 bits per heavy atom. The van der Waals surface area contributed by atoms with Gasteiger partial charge in [0.1, 0.15) is 0 Å². The Bertz CT molecular complexity index is 3670. The van der Waals surface area contributed by atoms with Crippen LogP contribution in [0.25, 0.3) is 100 Å². The van der Waals surface area contributed by atoms with E-state index >= 15 is 0 Å². The Morgan fingerprint density at radius 1 is 0.232 bits per heavy atom. The van der Waals surface area contributed by atoms with Gasteiger partial charge in [0.2, 0.25) is 0 Å². The molecule has 11 aromatic carbocycles. The maximum atomic E-state index is 5.19. The zero-order valence-electron chi connectivity index (χ0n) is 37.7. The average Bonchev–Trinajstić information content (AvgIpc) is 3.73. The van der Waals surface area contributed by atoms with E-state index in [1.165, 1.54) is 66.1 Å². The highest BCUT2D eigenvalue weighted by Gasteiger charge is 2.46. The second kappa shape index (κ2) is 16.7. The van der Waals surface area contributed by atoms with E-state index in [2.05, 4.69) is 261 Å². The highest BCUT2D eigenvalue weighted by Crippen LogP contribution is 2.56. The third-order valence-corrected chi connectivity index (χ3v) is 14.1. The van der Waals surface area contributed by atoms with Gasteiger partial charge >= 0.3 is 0 Å². The Hall–Kier alpha value is -9.05. The molecule has 0 saturated carbocycles. The second-order valence-electron chi connectivity index (χ2n) is 17.9. The number of hydrogen-bond donors (Lipinski definition) is 0. The molecule has 3 heteroatoms. The van der Waals surface area contributed by atoms with E-state index in [1.54, 1.807) is 0 Å². The average molecular weight is 878 g/mol. The lowest BCUT2D eigenvalue weighted by molar-refractivity contribution is 0.769. The van der Waals surface area contributed by atoms with Crippen molar-refractivity contribution >= 4 is 21.5 Å². The number of fused-ring (bicyclic) bond motifs is 5. The summed E-state index contributed by atoms with van der Waals surface area (Å²) in [6, 6.07) is 93.7.